The van der Waals surface area contributed by atoms with E-state index in [0.29, 0.717) is 40.1 Å². The Balaban J connectivity index is 1.85. The molecule has 0 aliphatic carbocycles. The van der Waals surface area contributed by atoms with Gasteiger partial charge in [-0.05, 0) is 30.5 Å². The Hall–Kier alpha value is -3.33. The van der Waals surface area contributed by atoms with Crippen LogP contribution < -0.4 is 11.1 Å². The second kappa shape index (κ2) is 7.59. The molecule has 4 aromatic heterocycles. The van der Waals surface area contributed by atoms with E-state index in [1.54, 1.807) is 36.2 Å². The third-order valence-electron chi connectivity index (χ3n) is 4.78. The minimum atomic E-state index is -0.336. The number of nitrogens with zero attached hydrogens (tertiary/aromatic N) is 5. The lowest BCUT2D eigenvalue weighted by Crippen LogP contribution is -2.22. The Morgan fingerprint density at radius 2 is 1.79 bits per heavy atom. The summed E-state index contributed by atoms with van der Waals surface area (Å²) < 4.78 is 8.01. The van der Waals surface area contributed by atoms with Crippen LogP contribution >= 0.6 is 0 Å². The van der Waals surface area contributed by atoms with Crippen LogP contribution in [-0.4, -0.2) is 36.4 Å². The molecule has 150 valence electrons. The van der Waals surface area contributed by atoms with Crippen LogP contribution in [0, 0.1) is 5.92 Å². The lowest BCUT2D eigenvalue weighted by molar-refractivity contribution is 0.178. The number of hydrogen-bond donors (Lipinski definition) is 1. The number of hydrogen-bond acceptors (Lipinski definition) is 6. The summed E-state index contributed by atoms with van der Waals surface area (Å²) >= 11 is 0. The predicted molar refractivity (Wildman–Crippen MR) is 109 cm³/mol. The van der Waals surface area contributed by atoms with Crippen LogP contribution in [-0.2, 0) is 17.9 Å². The van der Waals surface area contributed by atoms with E-state index >= 15 is 0 Å². The Labute approximate surface area is 166 Å². The van der Waals surface area contributed by atoms with Gasteiger partial charge in [0.2, 0.25) is 0 Å². The molecule has 1 N–H and O–H groups in total. The summed E-state index contributed by atoms with van der Waals surface area (Å²) in [6, 6.07) is 5.15. The number of ether oxygens (including phenoxy) is 1. The summed E-state index contributed by atoms with van der Waals surface area (Å²) in [4.78, 5) is 34.7. The molecule has 4 heterocycles. The molecule has 0 amide bonds. The average Bonchev–Trinajstić information content (AvgIpc) is 3.15. The van der Waals surface area contributed by atoms with E-state index in [1.807, 2.05) is 6.07 Å². The molecule has 4 rings (SSSR count). The standard InChI is InChI=1S/C20H22N6O3/c1-12(2)4-7-25-8-5-15-13(18(25)27)10-14-16(21-15)6-9-26(19(14)28)20-22-17(11-29-3)23-24-20/h5-6,8-10,12H,4,7,11H2,1-3H3,(H,22,23,24). The average molecular weight is 394 g/mol. The van der Waals surface area contributed by atoms with Crippen LogP contribution in [0.15, 0.2) is 40.2 Å². The highest BCUT2D eigenvalue weighted by atomic mass is 16.5. The van der Waals surface area contributed by atoms with Crippen LogP contribution in [0.2, 0.25) is 0 Å². The van der Waals surface area contributed by atoms with Gasteiger partial charge >= 0.3 is 0 Å². The van der Waals surface area contributed by atoms with Crippen LogP contribution in [0.25, 0.3) is 27.8 Å². The molecule has 0 fully saturated rings. The monoisotopic (exact) mass is 394 g/mol. The summed E-state index contributed by atoms with van der Waals surface area (Å²) in [7, 11) is 1.55. The number of rotatable bonds is 6. The number of aryl methyl sites for hydroxylation is 1. The first-order valence-electron chi connectivity index (χ1n) is 9.44. The smallest absolute Gasteiger partial charge is 0.267 e. The molecule has 0 bridgehead atoms. The Bertz CT molecular complexity index is 1300. The van der Waals surface area contributed by atoms with Crippen molar-refractivity contribution in [2.45, 2.75) is 33.4 Å². The summed E-state index contributed by atoms with van der Waals surface area (Å²) in [5, 5.41) is 7.57. The second-order valence-electron chi connectivity index (χ2n) is 7.36. The molecule has 0 atom stereocenters. The first-order chi connectivity index (χ1) is 14.0. The number of aromatic nitrogens is 6. The Morgan fingerprint density at radius 1 is 1.07 bits per heavy atom. The number of methoxy groups -OCH3 is 1. The highest BCUT2D eigenvalue weighted by molar-refractivity contribution is 5.91. The maximum absolute atomic E-state index is 13.0. The molecular weight excluding hydrogens is 372 g/mol. The van der Waals surface area contributed by atoms with Crippen molar-refractivity contribution in [2.75, 3.05) is 7.11 Å². The second-order valence-corrected chi connectivity index (χ2v) is 7.36. The summed E-state index contributed by atoms with van der Waals surface area (Å²) in [6.45, 7) is 5.12. The van der Waals surface area contributed by atoms with Crippen molar-refractivity contribution in [1.29, 1.82) is 0 Å². The van der Waals surface area contributed by atoms with Crippen molar-refractivity contribution in [3.8, 4) is 5.95 Å². The molecule has 0 aliphatic rings. The van der Waals surface area contributed by atoms with E-state index in [2.05, 4.69) is 34.0 Å². The van der Waals surface area contributed by atoms with Gasteiger partial charge < -0.3 is 9.30 Å². The van der Waals surface area contributed by atoms with Gasteiger partial charge in [0, 0.05) is 26.0 Å². The van der Waals surface area contributed by atoms with Gasteiger partial charge in [-0.1, -0.05) is 13.8 Å². The third-order valence-corrected chi connectivity index (χ3v) is 4.78. The van der Waals surface area contributed by atoms with Gasteiger partial charge in [-0.3, -0.25) is 14.7 Å². The minimum Gasteiger partial charge on any atom is -0.377 e. The fraction of sp³-hybridized carbons (Fsp3) is 0.350. The van der Waals surface area contributed by atoms with Crippen molar-refractivity contribution >= 4 is 21.8 Å². The van der Waals surface area contributed by atoms with Gasteiger partial charge in [0.25, 0.3) is 17.1 Å². The van der Waals surface area contributed by atoms with E-state index < -0.39 is 0 Å². The fourth-order valence-electron chi connectivity index (χ4n) is 3.19. The number of aromatic amines is 1. The molecule has 0 radical (unpaired) electrons. The fourth-order valence-corrected chi connectivity index (χ4v) is 3.19. The maximum Gasteiger partial charge on any atom is 0.267 e. The van der Waals surface area contributed by atoms with Crippen molar-refractivity contribution in [1.82, 2.24) is 29.3 Å². The Morgan fingerprint density at radius 3 is 2.52 bits per heavy atom. The molecule has 0 aliphatic heterocycles. The van der Waals surface area contributed by atoms with Gasteiger partial charge in [-0.25, -0.2) is 9.55 Å². The lowest BCUT2D eigenvalue weighted by Gasteiger charge is -2.09. The number of nitrogens with one attached hydrogen (secondary N) is 1. The molecule has 9 nitrogen and oxygen atoms in total. The van der Waals surface area contributed by atoms with E-state index in [-0.39, 0.29) is 23.7 Å². The van der Waals surface area contributed by atoms with Crippen molar-refractivity contribution < 1.29 is 4.74 Å². The zero-order valence-electron chi connectivity index (χ0n) is 16.5. The molecule has 9 heteroatoms. The van der Waals surface area contributed by atoms with Crippen molar-refractivity contribution in [3.63, 3.8) is 0 Å². The Kier molecular flexibility index (Phi) is 4.98. The minimum absolute atomic E-state index is 0.146. The normalized spacial score (nSPS) is 11.7. The molecule has 4 aromatic rings. The van der Waals surface area contributed by atoms with Gasteiger partial charge in [0.05, 0.1) is 21.8 Å². The van der Waals surface area contributed by atoms with E-state index in [9.17, 15) is 9.59 Å². The highest BCUT2D eigenvalue weighted by Crippen LogP contribution is 2.15. The predicted octanol–water partition coefficient (Wildman–Crippen LogP) is 2.01. The van der Waals surface area contributed by atoms with E-state index in [1.165, 1.54) is 4.57 Å². The number of fused-ring (bicyclic) bond motifs is 2. The van der Waals surface area contributed by atoms with Crippen LogP contribution in [0.5, 0.6) is 0 Å². The lowest BCUT2D eigenvalue weighted by atomic mass is 10.1. The zero-order chi connectivity index (χ0) is 20.5. The number of H-pyrrole nitrogens is 1. The largest absolute Gasteiger partial charge is 0.377 e. The molecule has 0 saturated carbocycles. The summed E-state index contributed by atoms with van der Waals surface area (Å²) in [5.41, 5.74) is 0.607. The summed E-state index contributed by atoms with van der Waals surface area (Å²) in [5.74, 6) is 1.22. The highest BCUT2D eigenvalue weighted by Gasteiger charge is 2.13. The van der Waals surface area contributed by atoms with Crippen molar-refractivity contribution in [3.05, 3.63) is 57.1 Å². The number of pyridine rings is 3. The van der Waals surface area contributed by atoms with Crippen molar-refractivity contribution in [2.24, 2.45) is 5.92 Å². The van der Waals surface area contributed by atoms with Gasteiger partial charge in [-0.2, -0.15) is 4.98 Å². The molecule has 0 spiro atoms. The quantitative estimate of drug-likeness (QED) is 0.501. The van der Waals surface area contributed by atoms with E-state index in [4.69, 9.17) is 4.74 Å². The third kappa shape index (κ3) is 3.56. The molecule has 0 saturated heterocycles. The molecule has 29 heavy (non-hydrogen) atoms. The molecular formula is C20H22N6O3. The van der Waals surface area contributed by atoms with Crippen LogP contribution in [0.1, 0.15) is 26.1 Å². The zero-order valence-corrected chi connectivity index (χ0v) is 16.5. The van der Waals surface area contributed by atoms with Crippen LogP contribution in [0.4, 0.5) is 0 Å². The van der Waals surface area contributed by atoms with Gasteiger partial charge in [-0.15, -0.1) is 5.10 Å². The SMILES string of the molecule is COCc1nc(-n2ccc3nc4ccn(CCC(C)C)c(=O)c4cc3c2=O)n[nH]1. The first kappa shape index (κ1) is 19.0. The summed E-state index contributed by atoms with van der Waals surface area (Å²) in [6.07, 6.45) is 4.24. The van der Waals surface area contributed by atoms with Gasteiger partial charge in [0.15, 0.2) is 5.82 Å². The van der Waals surface area contributed by atoms with E-state index in [0.717, 1.165) is 6.42 Å². The maximum atomic E-state index is 13.0. The topological polar surface area (TPSA) is 108 Å². The molecule has 0 unspecified atom stereocenters. The van der Waals surface area contributed by atoms with Crippen LogP contribution in [0.3, 0.4) is 0 Å². The first-order valence-corrected chi connectivity index (χ1v) is 9.44. The molecule has 0 aromatic carbocycles. The van der Waals surface area contributed by atoms with Gasteiger partial charge in [0.1, 0.15) is 6.61 Å².